The van der Waals surface area contributed by atoms with E-state index < -0.39 is 26.7 Å². The molecule has 28 heavy (non-hydrogen) atoms. The Morgan fingerprint density at radius 2 is 1.61 bits per heavy atom. The van der Waals surface area contributed by atoms with Gasteiger partial charge in [-0.25, -0.2) is 8.42 Å². The van der Waals surface area contributed by atoms with Crippen molar-refractivity contribution in [2.24, 2.45) is 0 Å². The number of hydrogen-bond donors (Lipinski definition) is 0. The van der Waals surface area contributed by atoms with E-state index in [0.717, 1.165) is 12.1 Å². The zero-order chi connectivity index (χ0) is 19.9. The number of hydrogen-bond acceptors (Lipinski definition) is 4. The van der Waals surface area contributed by atoms with Gasteiger partial charge in [0.25, 0.3) is 0 Å². The van der Waals surface area contributed by atoms with Gasteiger partial charge in [-0.2, -0.15) is 17.5 Å². The minimum Gasteiger partial charge on any atom is -0.490 e. The minimum atomic E-state index is -4.73. The molecule has 2 fully saturated rings. The van der Waals surface area contributed by atoms with Crippen molar-refractivity contribution in [2.75, 3.05) is 0 Å². The van der Waals surface area contributed by atoms with Crippen molar-refractivity contribution in [1.29, 1.82) is 0 Å². The van der Waals surface area contributed by atoms with Crippen molar-refractivity contribution in [3.63, 3.8) is 0 Å². The molecule has 1 aromatic carbocycles. The molecular weight excluding hydrogens is 393 g/mol. The lowest BCUT2D eigenvalue weighted by Crippen LogP contribution is -2.49. The summed E-state index contributed by atoms with van der Waals surface area (Å²) in [4.78, 5) is 3.25. The fourth-order valence-electron chi connectivity index (χ4n) is 4.22. The fourth-order valence-corrected chi connectivity index (χ4v) is 6.33. The van der Waals surface area contributed by atoms with Gasteiger partial charge in [-0.15, -0.1) is 0 Å². The van der Waals surface area contributed by atoms with Crippen LogP contribution in [0.3, 0.4) is 0 Å². The second kappa shape index (κ2) is 7.04. The summed E-state index contributed by atoms with van der Waals surface area (Å²) in [7, 11) is -4.26. The number of sulfonamides is 1. The zero-order valence-corrected chi connectivity index (χ0v) is 15.7. The maximum Gasteiger partial charge on any atom is 0.417 e. The van der Waals surface area contributed by atoms with Gasteiger partial charge in [0.1, 0.15) is 11.9 Å². The van der Waals surface area contributed by atoms with Crippen molar-refractivity contribution in [3.05, 3.63) is 54.4 Å². The third-order valence-electron chi connectivity index (χ3n) is 5.32. The molecule has 0 N–H and O–H groups in total. The Balaban J connectivity index is 1.60. The van der Waals surface area contributed by atoms with E-state index in [4.69, 9.17) is 4.74 Å². The number of ether oxygens (including phenoxy) is 1. The first kappa shape index (κ1) is 19.2. The first-order valence-corrected chi connectivity index (χ1v) is 10.5. The Labute approximate surface area is 161 Å². The van der Waals surface area contributed by atoms with E-state index in [9.17, 15) is 21.6 Å². The van der Waals surface area contributed by atoms with Crippen molar-refractivity contribution in [1.82, 2.24) is 9.29 Å². The average Bonchev–Trinajstić information content (AvgIpc) is 2.94. The van der Waals surface area contributed by atoms with Gasteiger partial charge in [0.2, 0.25) is 10.0 Å². The Morgan fingerprint density at radius 3 is 2.21 bits per heavy atom. The topological polar surface area (TPSA) is 59.5 Å². The van der Waals surface area contributed by atoms with Crippen LogP contribution in [-0.4, -0.2) is 35.9 Å². The molecule has 5 nitrogen and oxygen atoms in total. The van der Waals surface area contributed by atoms with Crippen LogP contribution in [0.1, 0.15) is 31.2 Å². The van der Waals surface area contributed by atoms with Gasteiger partial charge in [0.15, 0.2) is 0 Å². The van der Waals surface area contributed by atoms with Crippen LogP contribution in [0.25, 0.3) is 0 Å². The molecule has 2 aromatic rings. The van der Waals surface area contributed by atoms with Crippen LogP contribution in [-0.2, 0) is 16.2 Å². The van der Waals surface area contributed by atoms with Gasteiger partial charge in [-0.1, -0.05) is 12.1 Å². The normalized spacial score (nSPS) is 25.6. The van der Waals surface area contributed by atoms with Crippen LogP contribution in [0.5, 0.6) is 5.75 Å². The number of piperidine rings is 1. The molecule has 2 saturated heterocycles. The highest BCUT2D eigenvalue weighted by Gasteiger charge is 2.49. The van der Waals surface area contributed by atoms with E-state index in [1.54, 1.807) is 24.5 Å². The number of halogens is 3. The van der Waals surface area contributed by atoms with Gasteiger partial charge in [0, 0.05) is 37.3 Å². The first-order valence-electron chi connectivity index (χ1n) is 9.03. The second-order valence-electron chi connectivity index (χ2n) is 7.11. The lowest BCUT2D eigenvalue weighted by atomic mass is 10.0. The molecule has 4 rings (SSSR count). The van der Waals surface area contributed by atoms with Crippen LogP contribution in [0.2, 0.25) is 0 Å². The van der Waals surface area contributed by atoms with Crippen LogP contribution in [0, 0.1) is 0 Å². The highest BCUT2D eigenvalue weighted by atomic mass is 32.2. The van der Waals surface area contributed by atoms with Crippen molar-refractivity contribution < 1.29 is 26.3 Å². The molecule has 2 atom stereocenters. The Morgan fingerprint density at radius 1 is 1.00 bits per heavy atom. The van der Waals surface area contributed by atoms with Crippen molar-refractivity contribution in [2.45, 2.75) is 54.9 Å². The summed E-state index contributed by atoms with van der Waals surface area (Å²) in [6.07, 6.45) is 0.450. The fraction of sp³-hybridized carbons (Fsp3) is 0.421. The molecule has 2 aliphatic rings. The number of alkyl halides is 3. The van der Waals surface area contributed by atoms with Gasteiger partial charge < -0.3 is 4.74 Å². The van der Waals surface area contributed by atoms with Crippen molar-refractivity contribution in [3.8, 4) is 5.75 Å². The van der Waals surface area contributed by atoms with E-state index in [-0.39, 0.29) is 18.2 Å². The average molecular weight is 412 g/mol. The molecule has 0 aliphatic carbocycles. The third kappa shape index (κ3) is 3.48. The van der Waals surface area contributed by atoms with E-state index >= 15 is 0 Å². The molecule has 2 bridgehead atoms. The number of nitrogens with zero attached hydrogens (tertiary/aromatic N) is 2. The van der Waals surface area contributed by atoms with E-state index in [0.29, 0.717) is 31.4 Å². The predicted octanol–water partition coefficient (Wildman–Crippen LogP) is 3.86. The second-order valence-corrected chi connectivity index (χ2v) is 8.92. The largest absolute Gasteiger partial charge is 0.490 e. The quantitative estimate of drug-likeness (QED) is 0.765. The van der Waals surface area contributed by atoms with Crippen LogP contribution in [0.15, 0.2) is 53.7 Å². The van der Waals surface area contributed by atoms with E-state index in [1.807, 2.05) is 0 Å². The van der Waals surface area contributed by atoms with Gasteiger partial charge in [-0.05, 0) is 37.1 Å². The molecule has 0 radical (unpaired) electrons. The Kier molecular flexibility index (Phi) is 4.83. The molecule has 0 spiro atoms. The molecule has 2 unspecified atom stereocenters. The van der Waals surface area contributed by atoms with Crippen LogP contribution < -0.4 is 4.74 Å². The third-order valence-corrected chi connectivity index (χ3v) is 7.39. The summed E-state index contributed by atoms with van der Waals surface area (Å²) in [5.74, 6) is 0.651. The lowest BCUT2D eigenvalue weighted by molar-refractivity contribution is -0.140. The maximum absolute atomic E-state index is 13.4. The number of benzene rings is 1. The van der Waals surface area contributed by atoms with E-state index in [2.05, 4.69) is 4.98 Å². The molecule has 3 heterocycles. The number of fused-ring (bicyclic) bond motifs is 2. The summed E-state index contributed by atoms with van der Waals surface area (Å²) in [6.45, 7) is 0. The predicted molar refractivity (Wildman–Crippen MR) is 95.2 cm³/mol. The molecular formula is C19H19F3N2O3S. The first-order chi connectivity index (χ1) is 13.3. The molecule has 0 amide bonds. The summed E-state index contributed by atoms with van der Waals surface area (Å²) in [5, 5.41) is 0. The summed E-state index contributed by atoms with van der Waals surface area (Å²) in [6, 6.07) is 7.10. The van der Waals surface area contributed by atoms with Crippen LogP contribution >= 0.6 is 0 Å². The zero-order valence-electron chi connectivity index (χ0n) is 14.8. The molecule has 2 aliphatic heterocycles. The van der Waals surface area contributed by atoms with Crippen LogP contribution in [0.4, 0.5) is 13.2 Å². The highest BCUT2D eigenvalue weighted by molar-refractivity contribution is 7.89. The summed E-state index contributed by atoms with van der Waals surface area (Å²) < 4.78 is 73.6. The number of pyridine rings is 1. The minimum absolute atomic E-state index is 0.177. The van der Waals surface area contributed by atoms with Gasteiger partial charge >= 0.3 is 6.18 Å². The maximum atomic E-state index is 13.4. The SMILES string of the molecule is O=S(=O)(c1ccccc1C(F)(F)F)N1C2CCC1CC(Oc1ccncc1)C2. The molecule has 0 saturated carbocycles. The van der Waals surface area contributed by atoms with E-state index in [1.165, 1.54) is 16.4 Å². The molecule has 150 valence electrons. The lowest BCUT2D eigenvalue weighted by Gasteiger charge is -2.38. The summed E-state index contributed by atoms with van der Waals surface area (Å²) in [5.41, 5.74) is -1.12. The Hall–Kier alpha value is -2.13. The van der Waals surface area contributed by atoms with Gasteiger partial charge in [-0.3, -0.25) is 4.98 Å². The van der Waals surface area contributed by atoms with Crippen molar-refractivity contribution >= 4 is 10.0 Å². The Bertz CT molecular complexity index is 936. The number of aromatic nitrogens is 1. The number of rotatable bonds is 4. The monoisotopic (exact) mass is 412 g/mol. The molecule has 1 aromatic heterocycles. The smallest absolute Gasteiger partial charge is 0.417 e. The molecule has 9 heteroatoms. The standard InChI is InChI=1S/C19H19F3N2O3S/c20-19(21,22)17-3-1-2-4-18(17)28(25,26)24-13-5-6-14(24)12-16(11-13)27-15-7-9-23-10-8-15/h1-4,7-10,13-14,16H,5-6,11-12H2. The highest BCUT2D eigenvalue weighted by Crippen LogP contribution is 2.43. The van der Waals surface area contributed by atoms with Gasteiger partial charge in [0.05, 0.1) is 10.5 Å². The summed E-state index contributed by atoms with van der Waals surface area (Å²) >= 11 is 0.